The number of carbonyl (C=O) groups is 1. The molecule has 0 aromatic carbocycles. The molecule has 5 nitrogen and oxygen atoms in total. The molecule has 98 valence electrons. The van der Waals surface area contributed by atoms with E-state index in [4.69, 9.17) is 9.84 Å². The third kappa shape index (κ3) is 2.51. The zero-order valence-electron chi connectivity index (χ0n) is 10.9. The number of hydrogen-bond donors (Lipinski definition) is 1. The van der Waals surface area contributed by atoms with E-state index in [1.807, 2.05) is 20.8 Å². The van der Waals surface area contributed by atoms with Gasteiger partial charge in [0, 0.05) is 18.7 Å². The van der Waals surface area contributed by atoms with Gasteiger partial charge in [0.25, 0.3) is 0 Å². The molecule has 0 bridgehead atoms. The Labute approximate surface area is 106 Å². The first kappa shape index (κ1) is 13.0. The van der Waals surface area contributed by atoms with Crippen molar-refractivity contribution in [3.63, 3.8) is 0 Å². The van der Waals surface area contributed by atoms with E-state index in [0.717, 1.165) is 12.8 Å². The van der Waals surface area contributed by atoms with Crippen molar-refractivity contribution in [3.05, 3.63) is 23.3 Å². The summed E-state index contributed by atoms with van der Waals surface area (Å²) in [6.07, 6.45) is 3.41. The normalized spacial score (nSPS) is 15.7. The molecule has 1 aromatic heterocycles. The maximum Gasteiger partial charge on any atom is 0.339 e. The Morgan fingerprint density at radius 1 is 1.56 bits per heavy atom. The number of aromatic nitrogens is 2. The summed E-state index contributed by atoms with van der Waals surface area (Å²) in [7, 11) is 0. The summed E-state index contributed by atoms with van der Waals surface area (Å²) in [5.74, 6) is -0.135. The van der Waals surface area contributed by atoms with E-state index in [-0.39, 0.29) is 11.5 Å². The molecular weight excluding hydrogens is 232 g/mol. The summed E-state index contributed by atoms with van der Waals surface area (Å²) in [6, 6.07) is 0. The quantitative estimate of drug-likeness (QED) is 0.868. The van der Waals surface area contributed by atoms with Crippen LogP contribution >= 0.6 is 0 Å². The van der Waals surface area contributed by atoms with E-state index in [0.29, 0.717) is 18.1 Å². The molecule has 5 heteroatoms. The summed E-state index contributed by atoms with van der Waals surface area (Å²) >= 11 is 0. The van der Waals surface area contributed by atoms with Crippen molar-refractivity contribution < 1.29 is 14.6 Å². The van der Waals surface area contributed by atoms with Gasteiger partial charge in [-0.05, 0) is 33.6 Å². The number of carboxylic acids is 1. The van der Waals surface area contributed by atoms with Gasteiger partial charge in [-0.25, -0.2) is 14.8 Å². The Balaban J connectivity index is 2.40. The minimum Gasteiger partial charge on any atom is -0.478 e. The van der Waals surface area contributed by atoms with Gasteiger partial charge in [0.05, 0.1) is 11.3 Å². The maximum absolute atomic E-state index is 11.1. The number of aromatic carboxylic acids is 1. The highest BCUT2D eigenvalue weighted by molar-refractivity contribution is 5.88. The molecule has 2 rings (SSSR count). The SMILES string of the molecule is CCOC(C)(C)c1ncc(C(=O)O)c(C2CC2)n1. The van der Waals surface area contributed by atoms with E-state index in [2.05, 4.69) is 9.97 Å². The fraction of sp³-hybridized carbons (Fsp3) is 0.615. The van der Waals surface area contributed by atoms with Crippen LogP contribution in [0.2, 0.25) is 0 Å². The van der Waals surface area contributed by atoms with Crippen LogP contribution in [0.25, 0.3) is 0 Å². The molecule has 0 spiro atoms. The molecule has 18 heavy (non-hydrogen) atoms. The second kappa shape index (κ2) is 4.65. The molecular formula is C13H18N2O3. The molecule has 0 aliphatic heterocycles. The van der Waals surface area contributed by atoms with Gasteiger partial charge in [0.1, 0.15) is 5.60 Å². The van der Waals surface area contributed by atoms with Gasteiger partial charge in [-0.3, -0.25) is 0 Å². The molecule has 1 aliphatic rings. The Hall–Kier alpha value is -1.49. The van der Waals surface area contributed by atoms with E-state index in [9.17, 15) is 4.79 Å². The number of hydrogen-bond acceptors (Lipinski definition) is 4. The Morgan fingerprint density at radius 3 is 2.72 bits per heavy atom. The number of rotatable bonds is 5. The van der Waals surface area contributed by atoms with Gasteiger partial charge in [0.2, 0.25) is 0 Å². The number of nitrogens with zero attached hydrogens (tertiary/aromatic N) is 2. The third-order valence-electron chi connectivity index (χ3n) is 3.06. The van der Waals surface area contributed by atoms with E-state index >= 15 is 0 Å². The van der Waals surface area contributed by atoms with Gasteiger partial charge >= 0.3 is 5.97 Å². The summed E-state index contributed by atoms with van der Waals surface area (Å²) < 4.78 is 5.60. The van der Waals surface area contributed by atoms with Crippen molar-refractivity contribution in [2.24, 2.45) is 0 Å². The molecule has 0 saturated heterocycles. The van der Waals surface area contributed by atoms with E-state index < -0.39 is 11.6 Å². The molecule has 0 unspecified atom stereocenters. The Bertz CT molecular complexity index is 467. The molecule has 0 radical (unpaired) electrons. The highest BCUT2D eigenvalue weighted by Crippen LogP contribution is 2.41. The lowest BCUT2D eigenvalue weighted by Crippen LogP contribution is -2.26. The average molecular weight is 250 g/mol. The molecule has 1 aliphatic carbocycles. The van der Waals surface area contributed by atoms with Crippen LogP contribution in [-0.2, 0) is 10.3 Å². The molecule has 0 atom stereocenters. The maximum atomic E-state index is 11.1. The molecule has 1 saturated carbocycles. The van der Waals surface area contributed by atoms with Crippen LogP contribution in [0.15, 0.2) is 6.20 Å². The van der Waals surface area contributed by atoms with Crippen LogP contribution in [0.5, 0.6) is 0 Å². The summed E-state index contributed by atoms with van der Waals surface area (Å²) in [5.41, 5.74) is 0.281. The predicted molar refractivity (Wildman–Crippen MR) is 65.6 cm³/mol. The smallest absolute Gasteiger partial charge is 0.339 e. The summed E-state index contributed by atoms with van der Waals surface area (Å²) in [6.45, 7) is 6.26. The Kier molecular flexibility index (Phi) is 3.34. The minimum absolute atomic E-state index is 0.216. The largest absolute Gasteiger partial charge is 0.478 e. The first-order valence-corrected chi connectivity index (χ1v) is 6.20. The van der Waals surface area contributed by atoms with Crippen LogP contribution in [0, 0.1) is 0 Å². The molecule has 1 aromatic rings. The van der Waals surface area contributed by atoms with E-state index in [1.165, 1.54) is 6.20 Å². The third-order valence-corrected chi connectivity index (χ3v) is 3.06. The Morgan fingerprint density at radius 2 is 2.22 bits per heavy atom. The fourth-order valence-corrected chi connectivity index (χ4v) is 1.94. The minimum atomic E-state index is -0.960. The first-order valence-electron chi connectivity index (χ1n) is 6.20. The van der Waals surface area contributed by atoms with Gasteiger partial charge in [-0.1, -0.05) is 0 Å². The molecule has 1 fully saturated rings. The number of carboxylic acid groups (broad SMARTS) is 1. The topological polar surface area (TPSA) is 72.3 Å². The second-order valence-electron chi connectivity index (χ2n) is 5.02. The summed E-state index contributed by atoms with van der Waals surface area (Å²) in [5, 5.41) is 9.13. The molecule has 1 N–H and O–H groups in total. The zero-order valence-corrected chi connectivity index (χ0v) is 10.9. The number of ether oxygens (including phenoxy) is 1. The van der Waals surface area contributed by atoms with Crippen LogP contribution in [-0.4, -0.2) is 27.7 Å². The molecule has 1 heterocycles. The monoisotopic (exact) mass is 250 g/mol. The first-order chi connectivity index (χ1) is 8.45. The van der Waals surface area contributed by atoms with Crippen LogP contribution in [0.3, 0.4) is 0 Å². The van der Waals surface area contributed by atoms with Gasteiger partial charge in [-0.15, -0.1) is 0 Å². The van der Waals surface area contributed by atoms with Crippen LogP contribution in [0.1, 0.15) is 61.4 Å². The van der Waals surface area contributed by atoms with Crippen molar-refractivity contribution in [1.82, 2.24) is 9.97 Å². The highest BCUT2D eigenvalue weighted by Gasteiger charge is 2.33. The van der Waals surface area contributed by atoms with Crippen LogP contribution < -0.4 is 0 Å². The average Bonchev–Trinajstić information content (AvgIpc) is 3.11. The van der Waals surface area contributed by atoms with Crippen molar-refractivity contribution in [2.75, 3.05) is 6.61 Å². The molecule has 0 amide bonds. The summed E-state index contributed by atoms with van der Waals surface area (Å²) in [4.78, 5) is 19.7. The highest BCUT2D eigenvalue weighted by atomic mass is 16.5. The van der Waals surface area contributed by atoms with Crippen molar-refractivity contribution >= 4 is 5.97 Å². The van der Waals surface area contributed by atoms with Gasteiger partial charge in [-0.2, -0.15) is 0 Å². The van der Waals surface area contributed by atoms with E-state index in [1.54, 1.807) is 0 Å². The van der Waals surface area contributed by atoms with Crippen molar-refractivity contribution in [2.45, 2.75) is 45.1 Å². The second-order valence-corrected chi connectivity index (χ2v) is 5.02. The van der Waals surface area contributed by atoms with Crippen LogP contribution in [0.4, 0.5) is 0 Å². The fourth-order valence-electron chi connectivity index (χ4n) is 1.94. The van der Waals surface area contributed by atoms with Gasteiger partial charge < -0.3 is 9.84 Å². The lowest BCUT2D eigenvalue weighted by Gasteiger charge is -2.23. The van der Waals surface area contributed by atoms with Crippen molar-refractivity contribution in [1.29, 1.82) is 0 Å². The van der Waals surface area contributed by atoms with Gasteiger partial charge in [0.15, 0.2) is 5.82 Å². The standard InChI is InChI=1S/C13H18N2O3/c1-4-18-13(2,3)12-14-7-9(11(16)17)10(15-12)8-5-6-8/h7-8H,4-6H2,1-3H3,(H,16,17). The lowest BCUT2D eigenvalue weighted by atomic mass is 10.1. The zero-order chi connectivity index (χ0) is 13.3. The van der Waals surface area contributed by atoms with Crippen molar-refractivity contribution in [3.8, 4) is 0 Å². The lowest BCUT2D eigenvalue weighted by molar-refractivity contribution is -0.0210. The predicted octanol–water partition coefficient (Wildman–Crippen LogP) is 2.32.